The van der Waals surface area contributed by atoms with E-state index in [2.05, 4.69) is 16.9 Å². The largest absolute Gasteiger partial charge is 0.512 e. The number of aliphatic hydroxyl groups excluding tert-OH is 1. The number of carbonyl (C=O) groups is 2. The molecule has 0 spiro atoms. The van der Waals surface area contributed by atoms with Gasteiger partial charge in [0.25, 0.3) is 5.91 Å². The van der Waals surface area contributed by atoms with Crippen molar-refractivity contribution in [3.63, 3.8) is 0 Å². The van der Waals surface area contributed by atoms with Crippen LogP contribution in [0.25, 0.3) is 0 Å². The van der Waals surface area contributed by atoms with E-state index < -0.39 is 0 Å². The molecular weight excluding hydrogens is 394 g/mol. The number of nitrogens with zero attached hydrogens (tertiary/aromatic N) is 3. The Morgan fingerprint density at radius 2 is 2.04 bits per heavy atom. The fourth-order valence-electron chi connectivity index (χ4n) is 3.27. The second-order valence-corrected chi connectivity index (χ2v) is 9.21. The van der Waals surface area contributed by atoms with Gasteiger partial charge >= 0.3 is 0 Å². The minimum Gasteiger partial charge on any atom is -0.512 e. The number of aldehydes is 1. The molecule has 1 aromatic rings. The highest BCUT2D eigenvalue weighted by atomic mass is 32.2. The van der Waals surface area contributed by atoms with Crippen LogP contribution in [-0.4, -0.2) is 70.6 Å². The molecule has 1 saturated heterocycles. The van der Waals surface area contributed by atoms with Crippen molar-refractivity contribution < 1.29 is 14.7 Å². The van der Waals surface area contributed by atoms with Crippen molar-refractivity contribution in [2.75, 3.05) is 33.2 Å². The molecule has 3 heterocycles. The number of rotatable bonds is 3. The zero-order chi connectivity index (χ0) is 19.7. The smallest absolute Gasteiger partial charge is 0.264 e. The summed E-state index contributed by atoms with van der Waals surface area (Å²) in [4.78, 5) is 34.5. The van der Waals surface area contributed by atoms with Crippen LogP contribution in [-0.2, 0) is 4.79 Å². The number of allylic oxidation sites excluding steroid dienone is 3. The number of thioether (sulfide) groups is 1. The summed E-state index contributed by atoms with van der Waals surface area (Å²) in [6.45, 7) is 3.30. The Morgan fingerprint density at radius 1 is 1.25 bits per heavy atom. The van der Waals surface area contributed by atoms with Crippen molar-refractivity contribution in [2.24, 2.45) is 4.99 Å². The first-order chi connectivity index (χ1) is 13.5. The van der Waals surface area contributed by atoms with E-state index in [0.717, 1.165) is 53.0 Å². The van der Waals surface area contributed by atoms with Crippen LogP contribution >= 0.6 is 23.1 Å². The Morgan fingerprint density at radius 3 is 2.79 bits per heavy atom. The lowest BCUT2D eigenvalue weighted by molar-refractivity contribution is -0.105. The van der Waals surface area contributed by atoms with Crippen LogP contribution in [0, 0.1) is 0 Å². The SMILES string of the molecule is CN1CCN(C(=O)c2ccc(C3=N/C4=C/C=C(/O)CC(C=O)=CC4S3)s2)CC1. The lowest BCUT2D eigenvalue weighted by Crippen LogP contribution is -2.46. The second kappa shape index (κ2) is 8.06. The minimum atomic E-state index is -0.0570. The van der Waals surface area contributed by atoms with Crippen molar-refractivity contribution in [3.8, 4) is 0 Å². The molecule has 146 valence electrons. The van der Waals surface area contributed by atoms with E-state index in [9.17, 15) is 14.7 Å². The highest BCUT2D eigenvalue weighted by molar-refractivity contribution is 8.15. The predicted octanol–water partition coefficient (Wildman–Crippen LogP) is 2.85. The number of hydrogen-bond donors (Lipinski definition) is 1. The Labute approximate surface area is 171 Å². The van der Waals surface area contributed by atoms with Gasteiger partial charge in [-0.2, -0.15) is 0 Å². The second-order valence-electron chi connectivity index (χ2n) is 7.00. The molecule has 8 heteroatoms. The Kier molecular flexibility index (Phi) is 5.52. The third-order valence-electron chi connectivity index (χ3n) is 4.93. The topological polar surface area (TPSA) is 73.2 Å². The van der Waals surface area contributed by atoms with Crippen molar-refractivity contribution in [3.05, 3.63) is 57.1 Å². The molecule has 1 atom stereocenters. The predicted molar refractivity (Wildman–Crippen MR) is 113 cm³/mol. The van der Waals surface area contributed by atoms with Gasteiger partial charge in [-0.15, -0.1) is 11.3 Å². The summed E-state index contributed by atoms with van der Waals surface area (Å²) in [6.07, 6.45) is 6.27. The summed E-state index contributed by atoms with van der Waals surface area (Å²) >= 11 is 3.02. The van der Waals surface area contributed by atoms with E-state index in [1.807, 2.05) is 23.1 Å². The van der Waals surface area contributed by atoms with E-state index in [4.69, 9.17) is 0 Å². The lowest BCUT2D eigenvalue weighted by atomic mass is 10.1. The van der Waals surface area contributed by atoms with Crippen molar-refractivity contribution in [2.45, 2.75) is 11.7 Å². The maximum Gasteiger partial charge on any atom is 0.264 e. The average Bonchev–Trinajstić information content (AvgIpc) is 3.31. The molecule has 1 unspecified atom stereocenters. The number of aliphatic imine (C=N–C) groups is 1. The van der Waals surface area contributed by atoms with E-state index in [1.54, 1.807) is 23.9 Å². The quantitative estimate of drug-likeness (QED) is 0.769. The van der Waals surface area contributed by atoms with Gasteiger partial charge in [0.1, 0.15) is 11.3 Å². The molecule has 28 heavy (non-hydrogen) atoms. The summed E-state index contributed by atoms with van der Waals surface area (Å²) < 4.78 is 0. The summed E-state index contributed by atoms with van der Waals surface area (Å²) in [7, 11) is 2.07. The number of thiophene rings is 1. The van der Waals surface area contributed by atoms with Crippen LogP contribution in [0.1, 0.15) is 21.0 Å². The molecule has 6 nitrogen and oxygen atoms in total. The molecule has 1 aromatic heterocycles. The highest BCUT2D eigenvalue weighted by Crippen LogP contribution is 2.38. The van der Waals surface area contributed by atoms with Gasteiger partial charge in [-0.3, -0.25) is 9.59 Å². The minimum absolute atomic E-state index is 0.0570. The number of likely N-dealkylation sites (N-methyl/N-ethyl adjacent to an activating group) is 1. The molecule has 1 N–H and O–H groups in total. The fourth-order valence-corrected chi connectivity index (χ4v) is 5.48. The van der Waals surface area contributed by atoms with Gasteiger partial charge in [0.2, 0.25) is 0 Å². The van der Waals surface area contributed by atoms with Gasteiger partial charge in [0.05, 0.1) is 26.5 Å². The molecule has 0 radical (unpaired) electrons. The number of fused-ring (bicyclic) bond motifs is 1. The van der Waals surface area contributed by atoms with Crippen molar-refractivity contribution >= 4 is 40.3 Å². The number of carbonyl (C=O) groups excluding carboxylic acids is 2. The summed E-state index contributed by atoms with van der Waals surface area (Å²) in [5, 5.41) is 10.6. The van der Waals surface area contributed by atoms with Crippen LogP contribution in [0.3, 0.4) is 0 Å². The van der Waals surface area contributed by atoms with Crippen LogP contribution in [0.4, 0.5) is 0 Å². The van der Waals surface area contributed by atoms with Gasteiger partial charge in [-0.1, -0.05) is 17.8 Å². The maximum atomic E-state index is 12.8. The number of hydrogen-bond acceptors (Lipinski definition) is 7. The monoisotopic (exact) mass is 415 g/mol. The van der Waals surface area contributed by atoms with Gasteiger partial charge in [0, 0.05) is 32.6 Å². The van der Waals surface area contributed by atoms with Crippen molar-refractivity contribution in [1.29, 1.82) is 0 Å². The molecule has 3 aliphatic rings. The van der Waals surface area contributed by atoms with Gasteiger partial charge in [-0.05, 0) is 36.9 Å². The maximum absolute atomic E-state index is 12.8. The zero-order valence-corrected chi connectivity index (χ0v) is 17.1. The van der Waals surface area contributed by atoms with Gasteiger partial charge in [0.15, 0.2) is 0 Å². The van der Waals surface area contributed by atoms with Crippen molar-refractivity contribution in [1.82, 2.24) is 9.80 Å². The normalized spacial score (nSPS) is 26.8. The Balaban J connectivity index is 1.53. The van der Waals surface area contributed by atoms with Gasteiger partial charge in [-0.25, -0.2) is 4.99 Å². The highest BCUT2D eigenvalue weighted by Gasteiger charge is 2.28. The van der Waals surface area contributed by atoms with Crippen LogP contribution in [0.15, 0.2) is 52.4 Å². The molecule has 0 bridgehead atoms. The summed E-state index contributed by atoms with van der Waals surface area (Å²) in [6, 6.07) is 3.81. The molecule has 1 aliphatic carbocycles. The molecule has 1 amide bonds. The lowest BCUT2D eigenvalue weighted by Gasteiger charge is -2.32. The van der Waals surface area contributed by atoms with Gasteiger partial charge < -0.3 is 14.9 Å². The average molecular weight is 416 g/mol. The van der Waals surface area contributed by atoms with E-state index >= 15 is 0 Å². The van der Waals surface area contributed by atoms with Crippen LogP contribution < -0.4 is 0 Å². The molecule has 0 saturated carbocycles. The number of aliphatic hydroxyl groups is 1. The molecule has 4 rings (SSSR count). The summed E-state index contributed by atoms with van der Waals surface area (Å²) in [5.74, 6) is 0.225. The Hall–Kier alpha value is -2.16. The van der Waals surface area contributed by atoms with E-state index in [0.29, 0.717) is 5.57 Å². The number of amides is 1. The molecular formula is C20H21N3O3S2. The first-order valence-electron chi connectivity index (χ1n) is 9.12. The zero-order valence-electron chi connectivity index (χ0n) is 15.5. The van der Waals surface area contributed by atoms with E-state index in [-0.39, 0.29) is 23.3 Å². The third-order valence-corrected chi connectivity index (χ3v) is 7.30. The molecule has 0 aromatic carbocycles. The first-order valence-corrected chi connectivity index (χ1v) is 10.8. The van der Waals surface area contributed by atoms with Crippen LogP contribution in [0.5, 0.6) is 0 Å². The Bertz CT molecular complexity index is 921. The number of piperazine rings is 1. The van der Waals surface area contributed by atoms with Crippen LogP contribution in [0.2, 0.25) is 0 Å². The first kappa shape index (κ1) is 19.2. The summed E-state index contributed by atoms with van der Waals surface area (Å²) in [5.41, 5.74) is 1.34. The standard InChI is InChI=1S/C20H21N3O3S2/c1-22-6-8-23(9-7-22)20(26)17-5-4-16(27-17)19-21-15-3-2-14(25)10-13(12-24)11-18(15)28-19/h2-5,11-12,18,25H,6-10H2,1H3/b13-11?,14-2+,15-3+. The van der Waals surface area contributed by atoms with E-state index in [1.165, 1.54) is 11.3 Å². The molecule has 2 aliphatic heterocycles. The fraction of sp³-hybridized carbons (Fsp3) is 0.350. The third kappa shape index (κ3) is 3.99. The molecule has 1 fully saturated rings.